The molecule has 2 aromatic rings. The van der Waals surface area contributed by atoms with Crippen LogP contribution in [0.3, 0.4) is 0 Å². The highest BCUT2D eigenvalue weighted by molar-refractivity contribution is 5.92. The van der Waals surface area contributed by atoms with Crippen LogP contribution in [0.15, 0.2) is 54.6 Å². The lowest BCUT2D eigenvalue weighted by atomic mass is 10.1. The summed E-state index contributed by atoms with van der Waals surface area (Å²) in [5.74, 6) is -0.0192. The zero-order valence-corrected chi connectivity index (χ0v) is 11.0. The van der Waals surface area contributed by atoms with Crippen LogP contribution in [0.25, 0.3) is 11.1 Å². The molecule has 0 aromatic heterocycles. The number of benzene rings is 2. The first kappa shape index (κ1) is 13.3. The molecule has 98 valence electrons. The second-order valence-corrected chi connectivity index (χ2v) is 4.27. The first-order valence-electron chi connectivity index (χ1n) is 6.45. The zero-order valence-electron chi connectivity index (χ0n) is 11.0. The van der Waals surface area contributed by atoms with Crippen molar-refractivity contribution >= 4 is 11.6 Å². The lowest BCUT2D eigenvalue weighted by Crippen LogP contribution is -2.27. The van der Waals surface area contributed by atoms with Crippen molar-refractivity contribution in [3.63, 3.8) is 0 Å². The fourth-order valence-electron chi connectivity index (χ4n) is 1.82. The zero-order chi connectivity index (χ0) is 13.5. The van der Waals surface area contributed by atoms with Gasteiger partial charge in [-0.1, -0.05) is 49.4 Å². The van der Waals surface area contributed by atoms with Crippen LogP contribution >= 0.6 is 0 Å². The molecule has 2 N–H and O–H groups in total. The molecule has 0 saturated heterocycles. The topological polar surface area (TPSA) is 41.1 Å². The third-order valence-electron chi connectivity index (χ3n) is 2.81. The van der Waals surface area contributed by atoms with E-state index in [4.69, 9.17) is 0 Å². The van der Waals surface area contributed by atoms with Crippen molar-refractivity contribution in [2.45, 2.75) is 6.92 Å². The molecule has 0 aliphatic heterocycles. The fraction of sp³-hybridized carbons (Fsp3) is 0.188. The van der Waals surface area contributed by atoms with Crippen LogP contribution in [0.5, 0.6) is 0 Å². The Morgan fingerprint density at radius 3 is 2.21 bits per heavy atom. The number of carbonyl (C=O) groups is 1. The Labute approximate surface area is 113 Å². The van der Waals surface area contributed by atoms with Gasteiger partial charge in [0.1, 0.15) is 0 Å². The maximum Gasteiger partial charge on any atom is 0.238 e. The van der Waals surface area contributed by atoms with Gasteiger partial charge in [-0.05, 0) is 29.8 Å². The van der Waals surface area contributed by atoms with Gasteiger partial charge < -0.3 is 10.6 Å². The van der Waals surface area contributed by atoms with E-state index in [2.05, 4.69) is 22.8 Å². The molecule has 0 fully saturated rings. The average molecular weight is 254 g/mol. The molecule has 0 unspecified atom stereocenters. The highest BCUT2D eigenvalue weighted by atomic mass is 16.1. The molecule has 0 heterocycles. The van der Waals surface area contributed by atoms with Gasteiger partial charge in [-0.15, -0.1) is 0 Å². The van der Waals surface area contributed by atoms with Crippen molar-refractivity contribution in [3.8, 4) is 11.1 Å². The maximum absolute atomic E-state index is 11.6. The normalized spacial score (nSPS) is 10.2. The summed E-state index contributed by atoms with van der Waals surface area (Å²) >= 11 is 0. The molecule has 0 saturated carbocycles. The monoisotopic (exact) mass is 254 g/mol. The number of likely N-dealkylation sites (N-methyl/N-ethyl adjacent to an activating group) is 1. The largest absolute Gasteiger partial charge is 0.325 e. The Kier molecular flexibility index (Phi) is 4.70. The molecule has 2 rings (SSSR count). The minimum Gasteiger partial charge on any atom is -0.325 e. The molecule has 0 spiro atoms. The molecule has 3 heteroatoms. The van der Waals surface area contributed by atoms with E-state index < -0.39 is 0 Å². The summed E-state index contributed by atoms with van der Waals surface area (Å²) in [6.45, 7) is 3.11. The van der Waals surface area contributed by atoms with Crippen molar-refractivity contribution in [1.82, 2.24) is 5.32 Å². The Balaban J connectivity index is 2.01. The summed E-state index contributed by atoms with van der Waals surface area (Å²) in [7, 11) is 0. The van der Waals surface area contributed by atoms with Crippen LogP contribution < -0.4 is 10.6 Å². The van der Waals surface area contributed by atoms with E-state index in [0.29, 0.717) is 6.54 Å². The highest BCUT2D eigenvalue weighted by Crippen LogP contribution is 2.20. The van der Waals surface area contributed by atoms with Gasteiger partial charge in [-0.25, -0.2) is 0 Å². The molecule has 0 bridgehead atoms. The van der Waals surface area contributed by atoms with Gasteiger partial charge in [0, 0.05) is 5.69 Å². The van der Waals surface area contributed by atoms with Gasteiger partial charge in [0.15, 0.2) is 0 Å². The Morgan fingerprint density at radius 2 is 1.58 bits per heavy atom. The number of nitrogens with one attached hydrogen (secondary N) is 2. The first-order chi connectivity index (χ1) is 9.29. The summed E-state index contributed by atoms with van der Waals surface area (Å²) in [6, 6.07) is 18.0. The first-order valence-corrected chi connectivity index (χ1v) is 6.45. The van der Waals surface area contributed by atoms with Crippen molar-refractivity contribution in [2.24, 2.45) is 0 Å². The van der Waals surface area contributed by atoms with Gasteiger partial charge in [0.25, 0.3) is 0 Å². The number of rotatable bonds is 5. The molecule has 0 aliphatic carbocycles. The van der Waals surface area contributed by atoms with Crippen molar-refractivity contribution in [1.29, 1.82) is 0 Å². The Morgan fingerprint density at radius 1 is 0.947 bits per heavy atom. The van der Waals surface area contributed by atoms with E-state index in [-0.39, 0.29) is 5.91 Å². The van der Waals surface area contributed by atoms with E-state index >= 15 is 0 Å². The predicted molar refractivity (Wildman–Crippen MR) is 79.1 cm³/mol. The molecule has 0 radical (unpaired) electrons. The molecular weight excluding hydrogens is 236 g/mol. The fourth-order valence-corrected chi connectivity index (χ4v) is 1.82. The molecule has 1 amide bonds. The lowest BCUT2D eigenvalue weighted by Gasteiger charge is -2.07. The summed E-state index contributed by atoms with van der Waals surface area (Å²) in [5, 5.41) is 5.85. The predicted octanol–water partition coefficient (Wildman–Crippen LogP) is 2.90. The maximum atomic E-state index is 11.6. The van der Waals surface area contributed by atoms with Crippen LogP contribution in [0, 0.1) is 0 Å². The van der Waals surface area contributed by atoms with Crippen LogP contribution in [0.2, 0.25) is 0 Å². The minimum atomic E-state index is -0.0192. The number of amides is 1. The number of anilines is 1. The van der Waals surface area contributed by atoms with E-state index in [9.17, 15) is 4.79 Å². The van der Waals surface area contributed by atoms with Crippen LogP contribution in [0.1, 0.15) is 6.92 Å². The van der Waals surface area contributed by atoms with Crippen molar-refractivity contribution < 1.29 is 4.79 Å². The second-order valence-electron chi connectivity index (χ2n) is 4.27. The highest BCUT2D eigenvalue weighted by Gasteiger charge is 2.01. The second kappa shape index (κ2) is 6.71. The van der Waals surface area contributed by atoms with Crippen LogP contribution in [-0.2, 0) is 4.79 Å². The molecule has 3 nitrogen and oxygen atoms in total. The van der Waals surface area contributed by atoms with Crippen molar-refractivity contribution in [3.05, 3.63) is 54.6 Å². The number of hydrogen-bond donors (Lipinski definition) is 2. The van der Waals surface area contributed by atoms with Crippen LogP contribution in [-0.4, -0.2) is 19.0 Å². The quantitative estimate of drug-likeness (QED) is 0.861. The van der Waals surface area contributed by atoms with Gasteiger partial charge in [-0.3, -0.25) is 4.79 Å². The Hall–Kier alpha value is -2.13. The summed E-state index contributed by atoms with van der Waals surface area (Å²) in [5.41, 5.74) is 3.14. The van der Waals surface area contributed by atoms with Gasteiger partial charge in [-0.2, -0.15) is 0 Å². The van der Waals surface area contributed by atoms with E-state index in [1.807, 2.05) is 49.4 Å². The Bertz CT molecular complexity index is 520. The van der Waals surface area contributed by atoms with Gasteiger partial charge in [0.2, 0.25) is 5.91 Å². The van der Waals surface area contributed by atoms with Crippen LogP contribution in [0.4, 0.5) is 5.69 Å². The van der Waals surface area contributed by atoms with E-state index in [1.54, 1.807) is 0 Å². The summed E-state index contributed by atoms with van der Waals surface area (Å²) in [4.78, 5) is 11.6. The SMILES string of the molecule is CCNCC(=O)Nc1ccc(-c2ccccc2)cc1. The average Bonchev–Trinajstić information content (AvgIpc) is 2.47. The molecule has 19 heavy (non-hydrogen) atoms. The molecular formula is C16H18N2O. The lowest BCUT2D eigenvalue weighted by molar-refractivity contribution is -0.115. The molecule has 0 atom stereocenters. The third kappa shape index (κ3) is 3.93. The summed E-state index contributed by atoms with van der Waals surface area (Å²) in [6.07, 6.45) is 0. The number of carbonyl (C=O) groups excluding carboxylic acids is 1. The van der Waals surface area contributed by atoms with E-state index in [0.717, 1.165) is 17.8 Å². The van der Waals surface area contributed by atoms with Crippen molar-refractivity contribution in [2.75, 3.05) is 18.4 Å². The summed E-state index contributed by atoms with van der Waals surface area (Å²) < 4.78 is 0. The molecule has 0 aliphatic rings. The minimum absolute atomic E-state index is 0.0192. The molecule has 2 aromatic carbocycles. The van der Waals surface area contributed by atoms with Gasteiger partial charge in [0.05, 0.1) is 6.54 Å². The van der Waals surface area contributed by atoms with E-state index in [1.165, 1.54) is 5.56 Å². The standard InChI is InChI=1S/C16H18N2O/c1-2-17-12-16(19)18-15-10-8-14(9-11-15)13-6-4-3-5-7-13/h3-11,17H,2,12H2,1H3,(H,18,19). The number of hydrogen-bond acceptors (Lipinski definition) is 2. The smallest absolute Gasteiger partial charge is 0.238 e. The van der Waals surface area contributed by atoms with Gasteiger partial charge >= 0.3 is 0 Å². The third-order valence-corrected chi connectivity index (χ3v) is 2.81.